The Balaban J connectivity index is 2.04. The Bertz CT molecular complexity index is 437. The molecule has 0 atom stereocenters. The number of benzene rings is 1. The Morgan fingerprint density at radius 2 is 2.00 bits per heavy atom. The van der Waals surface area contributed by atoms with E-state index in [1.165, 1.54) is 12.1 Å². The first kappa shape index (κ1) is 13.3. The van der Waals surface area contributed by atoms with Gasteiger partial charge in [0.05, 0.1) is 0 Å². The van der Waals surface area contributed by atoms with Gasteiger partial charge in [0.15, 0.2) is 17.4 Å². The lowest BCUT2D eigenvalue weighted by atomic mass is 10.2. The molecule has 1 fully saturated rings. The third-order valence-electron chi connectivity index (χ3n) is 2.60. The Morgan fingerprint density at radius 1 is 1.39 bits per heavy atom. The molecule has 1 saturated carbocycles. The van der Waals surface area contributed by atoms with Gasteiger partial charge in [-0.15, -0.1) is 0 Å². The van der Waals surface area contributed by atoms with Crippen molar-refractivity contribution in [3.8, 4) is 5.75 Å². The minimum Gasteiger partial charge on any atom is -0.482 e. The molecule has 5 heteroatoms. The van der Waals surface area contributed by atoms with Crippen LogP contribution in [-0.2, 0) is 6.54 Å². The predicted molar refractivity (Wildman–Crippen MR) is 66.7 cm³/mol. The maximum Gasteiger partial charge on any atom is 0.191 e. The lowest BCUT2D eigenvalue weighted by Crippen LogP contribution is -2.15. The highest BCUT2D eigenvalue weighted by atomic mass is 35.5. The number of hydrogen-bond acceptors (Lipinski definition) is 2. The molecule has 1 aliphatic rings. The van der Waals surface area contributed by atoms with E-state index in [-0.39, 0.29) is 11.6 Å². The van der Waals surface area contributed by atoms with Gasteiger partial charge in [-0.25, -0.2) is 8.78 Å². The van der Waals surface area contributed by atoms with E-state index >= 15 is 0 Å². The SMILES string of the molecule is C=C(Cl)COc1c(F)cc(CNC2CC2)cc1F. The van der Waals surface area contributed by atoms with E-state index in [1.807, 2.05) is 0 Å². The summed E-state index contributed by atoms with van der Waals surface area (Å²) < 4.78 is 32.2. The standard InChI is InChI=1S/C13H14ClF2NO/c1-8(14)7-18-13-11(15)4-9(5-12(13)16)6-17-10-2-3-10/h4-5,10,17H,1-3,6-7H2. The minimum atomic E-state index is -0.722. The van der Waals surface area contributed by atoms with Gasteiger partial charge in [0.25, 0.3) is 0 Å². The summed E-state index contributed by atoms with van der Waals surface area (Å²) in [4.78, 5) is 0. The molecule has 0 aromatic heterocycles. The molecule has 0 heterocycles. The molecule has 0 amide bonds. The van der Waals surface area contributed by atoms with Crippen LogP contribution >= 0.6 is 11.6 Å². The van der Waals surface area contributed by atoms with Gasteiger partial charge in [0.1, 0.15) is 6.61 Å². The smallest absolute Gasteiger partial charge is 0.191 e. The summed E-state index contributed by atoms with van der Waals surface area (Å²) in [6.07, 6.45) is 2.26. The molecule has 0 unspecified atom stereocenters. The molecular formula is C13H14ClF2NO. The zero-order valence-corrected chi connectivity index (χ0v) is 10.6. The summed E-state index contributed by atoms with van der Waals surface area (Å²) in [6.45, 7) is 3.73. The van der Waals surface area contributed by atoms with Crippen LogP contribution in [0.25, 0.3) is 0 Å². The Morgan fingerprint density at radius 3 is 2.50 bits per heavy atom. The van der Waals surface area contributed by atoms with Crippen molar-refractivity contribution in [3.05, 3.63) is 40.9 Å². The van der Waals surface area contributed by atoms with Crippen molar-refractivity contribution in [2.75, 3.05) is 6.61 Å². The highest BCUT2D eigenvalue weighted by Crippen LogP contribution is 2.25. The van der Waals surface area contributed by atoms with E-state index in [1.54, 1.807) is 0 Å². The van der Waals surface area contributed by atoms with Gasteiger partial charge in [-0.1, -0.05) is 18.2 Å². The van der Waals surface area contributed by atoms with Crippen LogP contribution in [0.4, 0.5) is 8.78 Å². The monoisotopic (exact) mass is 273 g/mol. The van der Waals surface area contributed by atoms with Crippen molar-refractivity contribution in [2.24, 2.45) is 0 Å². The molecule has 0 saturated heterocycles. The lowest BCUT2D eigenvalue weighted by Gasteiger charge is -2.10. The fraction of sp³-hybridized carbons (Fsp3) is 0.385. The fourth-order valence-corrected chi connectivity index (χ4v) is 1.61. The summed E-state index contributed by atoms with van der Waals surface area (Å²) in [6, 6.07) is 3.03. The first-order valence-corrected chi connectivity index (χ1v) is 6.11. The third-order valence-corrected chi connectivity index (χ3v) is 2.71. The van der Waals surface area contributed by atoms with Gasteiger partial charge in [0, 0.05) is 17.6 Å². The van der Waals surface area contributed by atoms with Crippen molar-refractivity contribution in [2.45, 2.75) is 25.4 Å². The molecule has 18 heavy (non-hydrogen) atoms. The summed E-state index contributed by atoms with van der Waals surface area (Å²) >= 11 is 5.48. The van der Waals surface area contributed by atoms with Crippen LogP contribution in [0.5, 0.6) is 5.75 Å². The van der Waals surface area contributed by atoms with Crippen molar-refractivity contribution in [1.82, 2.24) is 5.32 Å². The van der Waals surface area contributed by atoms with Crippen LogP contribution in [0.2, 0.25) is 0 Å². The average Bonchev–Trinajstić information content (AvgIpc) is 3.08. The summed E-state index contributed by atoms with van der Waals surface area (Å²) in [5.41, 5.74) is 0.564. The average molecular weight is 274 g/mol. The molecule has 1 aromatic rings. The second kappa shape index (κ2) is 5.67. The van der Waals surface area contributed by atoms with E-state index in [9.17, 15) is 8.78 Å². The van der Waals surface area contributed by atoms with E-state index in [2.05, 4.69) is 11.9 Å². The van der Waals surface area contributed by atoms with Gasteiger partial charge in [-0.2, -0.15) is 0 Å². The van der Waals surface area contributed by atoms with Crippen molar-refractivity contribution < 1.29 is 13.5 Å². The second-order valence-electron chi connectivity index (χ2n) is 4.35. The van der Waals surface area contributed by atoms with Crippen LogP contribution in [0, 0.1) is 11.6 Å². The molecule has 2 nitrogen and oxygen atoms in total. The molecule has 0 spiro atoms. The van der Waals surface area contributed by atoms with Gasteiger partial charge in [-0.3, -0.25) is 0 Å². The van der Waals surface area contributed by atoms with Gasteiger partial charge < -0.3 is 10.1 Å². The summed E-state index contributed by atoms with van der Waals surface area (Å²) in [5.74, 6) is -1.85. The number of rotatable bonds is 6. The largest absolute Gasteiger partial charge is 0.482 e. The van der Waals surface area contributed by atoms with Gasteiger partial charge in [-0.05, 0) is 30.5 Å². The zero-order valence-electron chi connectivity index (χ0n) is 9.81. The van der Waals surface area contributed by atoms with E-state index in [4.69, 9.17) is 16.3 Å². The molecule has 1 N–H and O–H groups in total. The molecule has 1 aromatic carbocycles. The lowest BCUT2D eigenvalue weighted by molar-refractivity contribution is 0.317. The van der Waals surface area contributed by atoms with Crippen LogP contribution in [0.1, 0.15) is 18.4 Å². The molecule has 2 rings (SSSR count). The predicted octanol–water partition coefficient (Wildman–Crippen LogP) is 3.35. The second-order valence-corrected chi connectivity index (χ2v) is 4.88. The molecule has 0 aliphatic heterocycles. The number of ether oxygens (including phenoxy) is 1. The summed E-state index contributed by atoms with van der Waals surface area (Å²) in [5, 5.41) is 3.38. The molecule has 0 radical (unpaired) electrons. The van der Waals surface area contributed by atoms with Crippen LogP contribution in [0.15, 0.2) is 23.7 Å². The highest BCUT2D eigenvalue weighted by Gasteiger charge is 2.20. The van der Waals surface area contributed by atoms with Crippen LogP contribution < -0.4 is 10.1 Å². The van der Waals surface area contributed by atoms with Crippen LogP contribution in [0.3, 0.4) is 0 Å². The van der Waals surface area contributed by atoms with Gasteiger partial charge in [0.2, 0.25) is 0 Å². The quantitative estimate of drug-likeness (QED) is 0.858. The third kappa shape index (κ3) is 3.68. The minimum absolute atomic E-state index is 0.116. The molecular weight excluding hydrogens is 260 g/mol. The van der Waals surface area contributed by atoms with Crippen molar-refractivity contribution in [3.63, 3.8) is 0 Å². The molecule has 98 valence electrons. The number of hydrogen-bond donors (Lipinski definition) is 1. The van der Waals surface area contributed by atoms with E-state index < -0.39 is 17.4 Å². The Hall–Kier alpha value is -1.13. The highest BCUT2D eigenvalue weighted by molar-refractivity contribution is 6.29. The number of nitrogens with one attached hydrogen (secondary N) is 1. The van der Waals surface area contributed by atoms with Crippen molar-refractivity contribution in [1.29, 1.82) is 0 Å². The van der Waals surface area contributed by atoms with Crippen molar-refractivity contribution >= 4 is 11.6 Å². The molecule has 0 bridgehead atoms. The normalized spacial score (nSPS) is 14.6. The topological polar surface area (TPSA) is 21.3 Å². The van der Waals surface area contributed by atoms with E-state index in [0.717, 1.165) is 12.8 Å². The maximum atomic E-state index is 13.6. The Labute approximate surface area is 110 Å². The maximum absolute atomic E-state index is 13.6. The first-order valence-electron chi connectivity index (χ1n) is 5.73. The molecule has 1 aliphatic carbocycles. The fourth-order valence-electron chi connectivity index (χ4n) is 1.55. The Kier molecular flexibility index (Phi) is 4.19. The van der Waals surface area contributed by atoms with Gasteiger partial charge >= 0.3 is 0 Å². The van der Waals surface area contributed by atoms with E-state index in [0.29, 0.717) is 18.2 Å². The number of halogens is 3. The summed E-state index contributed by atoms with van der Waals surface area (Å²) in [7, 11) is 0. The zero-order chi connectivity index (χ0) is 13.1. The van der Waals surface area contributed by atoms with Crippen LogP contribution in [-0.4, -0.2) is 12.6 Å². The first-order chi connectivity index (χ1) is 8.56.